The van der Waals surface area contributed by atoms with E-state index in [4.69, 9.17) is 0 Å². The van der Waals surface area contributed by atoms with Crippen LogP contribution in [0.3, 0.4) is 0 Å². The van der Waals surface area contributed by atoms with Crippen LogP contribution in [0.25, 0.3) is 0 Å². The molecule has 0 radical (unpaired) electrons. The number of nitrogens with zero attached hydrogens (tertiary/aromatic N) is 3. The average molecular weight is 326 g/mol. The largest absolute Gasteiger partial charge is 0.349 e. The van der Waals surface area contributed by atoms with Gasteiger partial charge in [0.2, 0.25) is 5.91 Å². The lowest BCUT2D eigenvalue weighted by atomic mass is 10.0. The van der Waals surface area contributed by atoms with E-state index in [9.17, 15) is 4.79 Å². The van der Waals surface area contributed by atoms with Crippen LogP contribution in [0.4, 0.5) is 0 Å². The van der Waals surface area contributed by atoms with Crippen molar-refractivity contribution in [2.24, 2.45) is 0 Å². The summed E-state index contributed by atoms with van der Waals surface area (Å²) in [5.41, 5.74) is 2.24. The van der Waals surface area contributed by atoms with Crippen LogP contribution in [0.15, 0.2) is 59.8 Å². The molecule has 1 amide bonds. The maximum atomic E-state index is 12.3. The van der Waals surface area contributed by atoms with Gasteiger partial charge in [0.1, 0.15) is 0 Å². The number of nitrogens with one attached hydrogen (secondary N) is 1. The van der Waals surface area contributed by atoms with Crippen molar-refractivity contribution in [2.45, 2.75) is 25.4 Å². The molecule has 3 aromatic heterocycles. The molecule has 0 aromatic carbocycles. The van der Waals surface area contributed by atoms with Crippen LogP contribution in [-0.4, -0.2) is 20.7 Å². The lowest BCUT2D eigenvalue weighted by Crippen LogP contribution is -2.30. The summed E-state index contributed by atoms with van der Waals surface area (Å²) in [6.07, 6.45) is 8.30. The zero-order valence-electron chi connectivity index (χ0n) is 12.6. The Morgan fingerprint density at radius 2 is 2.26 bits per heavy atom. The summed E-state index contributed by atoms with van der Waals surface area (Å²) in [5.74, 6) is 0.0181. The fraction of sp³-hybridized carbons (Fsp3) is 0.235. The van der Waals surface area contributed by atoms with E-state index in [0.29, 0.717) is 13.0 Å². The fourth-order valence-corrected chi connectivity index (χ4v) is 3.08. The Labute approximate surface area is 139 Å². The second-order valence-corrected chi connectivity index (χ2v) is 6.04. The first-order chi connectivity index (χ1) is 11.3. The summed E-state index contributed by atoms with van der Waals surface area (Å²) < 4.78 is 1.76. The molecule has 0 bridgehead atoms. The molecule has 0 aliphatic rings. The molecule has 23 heavy (non-hydrogen) atoms. The van der Waals surface area contributed by atoms with Gasteiger partial charge >= 0.3 is 0 Å². The van der Waals surface area contributed by atoms with Crippen molar-refractivity contribution in [3.05, 3.63) is 70.9 Å². The lowest BCUT2D eigenvalue weighted by Gasteiger charge is -2.18. The normalized spacial score (nSPS) is 12.0. The predicted octanol–water partition coefficient (Wildman–Crippen LogP) is 2.83. The van der Waals surface area contributed by atoms with E-state index >= 15 is 0 Å². The Morgan fingerprint density at radius 1 is 1.30 bits per heavy atom. The maximum Gasteiger partial charge on any atom is 0.222 e. The van der Waals surface area contributed by atoms with Gasteiger partial charge in [-0.3, -0.25) is 14.5 Å². The minimum Gasteiger partial charge on any atom is -0.349 e. The Balaban J connectivity index is 1.64. The van der Waals surface area contributed by atoms with Gasteiger partial charge in [-0.1, -0.05) is 6.07 Å². The summed E-state index contributed by atoms with van der Waals surface area (Å²) in [5, 5.41) is 11.4. The molecule has 3 rings (SSSR count). The monoisotopic (exact) mass is 326 g/mol. The minimum absolute atomic E-state index is 0.0181. The van der Waals surface area contributed by atoms with Crippen LogP contribution in [0.1, 0.15) is 23.6 Å². The molecule has 3 aromatic rings. The number of hydrogen-bond acceptors (Lipinski definition) is 4. The number of amides is 1. The molecule has 1 atom stereocenters. The average Bonchev–Trinajstić information content (AvgIpc) is 3.27. The number of thiophene rings is 1. The molecule has 6 heteroatoms. The number of hydrogen-bond donors (Lipinski definition) is 1. The summed E-state index contributed by atoms with van der Waals surface area (Å²) in [7, 11) is 0. The van der Waals surface area contributed by atoms with Crippen molar-refractivity contribution in [3.8, 4) is 0 Å². The predicted molar refractivity (Wildman–Crippen MR) is 90.0 cm³/mol. The van der Waals surface area contributed by atoms with Crippen molar-refractivity contribution in [2.75, 3.05) is 0 Å². The van der Waals surface area contributed by atoms with Crippen LogP contribution in [0, 0.1) is 0 Å². The van der Waals surface area contributed by atoms with Gasteiger partial charge in [-0.2, -0.15) is 16.4 Å². The van der Waals surface area contributed by atoms with E-state index in [-0.39, 0.29) is 11.9 Å². The van der Waals surface area contributed by atoms with Crippen molar-refractivity contribution in [1.29, 1.82) is 0 Å². The Morgan fingerprint density at radius 3 is 2.96 bits per heavy atom. The lowest BCUT2D eigenvalue weighted by molar-refractivity contribution is -0.122. The van der Waals surface area contributed by atoms with Crippen molar-refractivity contribution in [3.63, 3.8) is 0 Å². The third kappa shape index (κ3) is 4.50. The van der Waals surface area contributed by atoms with Crippen LogP contribution >= 0.6 is 11.3 Å². The molecule has 3 heterocycles. The topological polar surface area (TPSA) is 59.8 Å². The number of aromatic nitrogens is 3. The summed E-state index contributed by atoms with van der Waals surface area (Å²) in [6, 6.07) is 7.77. The van der Waals surface area contributed by atoms with Crippen LogP contribution in [0.2, 0.25) is 0 Å². The van der Waals surface area contributed by atoms with Gasteiger partial charge < -0.3 is 5.32 Å². The molecule has 0 aliphatic heterocycles. The fourth-order valence-electron chi connectivity index (χ4n) is 2.39. The van der Waals surface area contributed by atoms with Gasteiger partial charge in [0.15, 0.2) is 0 Å². The van der Waals surface area contributed by atoms with Crippen molar-refractivity contribution >= 4 is 17.2 Å². The van der Waals surface area contributed by atoms with Crippen molar-refractivity contribution in [1.82, 2.24) is 20.1 Å². The molecule has 0 saturated heterocycles. The van der Waals surface area contributed by atoms with E-state index in [2.05, 4.69) is 32.2 Å². The number of aryl methyl sites for hydroxylation is 1. The van der Waals surface area contributed by atoms with E-state index in [1.165, 1.54) is 5.56 Å². The van der Waals surface area contributed by atoms with Crippen LogP contribution < -0.4 is 5.32 Å². The Hall–Kier alpha value is -2.47. The second kappa shape index (κ2) is 7.69. The number of carbonyl (C=O) groups excluding carboxylic acids is 1. The minimum atomic E-state index is -0.0663. The quantitative estimate of drug-likeness (QED) is 0.726. The maximum absolute atomic E-state index is 12.3. The molecular weight excluding hydrogens is 308 g/mol. The molecule has 1 N–H and O–H groups in total. The summed E-state index contributed by atoms with van der Waals surface area (Å²) in [6.45, 7) is 0.580. The number of pyridine rings is 1. The molecule has 0 saturated carbocycles. The zero-order valence-corrected chi connectivity index (χ0v) is 13.4. The van der Waals surface area contributed by atoms with Gasteiger partial charge in [0.25, 0.3) is 0 Å². The van der Waals surface area contributed by atoms with Crippen LogP contribution in [0.5, 0.6) is 0 Å². The molecule has 0 fully saturated rings. The number of rotatable bonds is 7. The smallest absolute Gasteiger partial charge is 0.222 e. The first kappa shape index (κ1) is 15.4. The first-order valence-corrected chi connectivity index (χ1v) is 8.43. The highest BCUT2D eigenvalue weighted by atomic mass is 32.1. The van der Waals surface area contributed by atoms with E-state index in [1.54, 1.807) is 28.4 Å². The van der Waals surface area contributed by atoms with Gasteiger partial charge in [-0.05, 0) is 46.5 Å². The molecule has 5 nitrogen and oxygen atoms in total. The zero-order chi connectivity index (χ0) is 15.9. The molecule has 0 spiro atoms. The van der Waals surface area contributed by atoms with Gasteiger partial charge in [-0.15, -0.1) is 0 Å². The van der Waals surface area contributed by atoms with E-state index in [0.717, 1.165) is 12.0 Å². The molecule has 118 valence electrons. The summed E-state index contributed by atoms with van der Waals surface area (Å²) in [4.78, 5) is 16.4. The third-order valence-electron chi connectivity index (χ3n) is 3.57. The van der Waals surface area contributed by atoms with Gasteiger partial charge in [-0.25, -0.2) is 0 Å². The highest BCUT2D eigenvalue weighted by molar-refractivity contribution is 7.07. The number of carbonyl (C=O) groups is 1. The standard InChI is InChI=1S/C17H18N4OS/c22-17(4-9-21-8-2-7-19-21)20-16(11-14-5-10-23-13-14)15-3-1-6-18-12-15/h1-3,5-8,10,12-13,16H,4,9,11H2,(H,20,22). The molecular formula is C17H18N4OS. The van der Waals surface area contributed by atoms with Gasteiger partial charge in [0.05, 0.1) is 6.04 Å². The summed E-state index contributed by atoms with van der Waals surface area (Å²) >= 11 is 1.66. The second-order valence-electron chi connectivity index (χ2n) is 5.26. The van der Waals surface area contributed by atoms with Crippen molar-refractivity contribution < 1.29 is 4.79 Å². The van der Waals surface area contributed by atoms with Crippen LogP contribution in [-0.2, 0) is 17.8 Å². The third-order valence-corrected chi connectivity index (χ3v) is 4.30. The SMILES string of the molecule is O=C(CCn1cccn1)NC(Cc1ccsc1)c1cccnc1. The molecule has 0 aliphatic carbocycles. The first-order valence-electron chi connectivity index (χ1n) is 7.49. The Bertz CT molecular complexity index is 710. The molecule has 1 unspecified atom stereocenters. The van der Waals surface area contributed by atoms with E-state index < -0.39 is 0 Å². The van der Waals surface area contributed by atoms with Gasteiger partial charge in [0, 0.05) is 37.8 Å². The highest BCUT2D eigenvalue weighted by Crippen LogP contribution is 2.19. The van der Waals surface area contributed by atoms with E-state index in [1.807, 2.05) is 30.6 Å². The Kier molecular flexibility index (Phi) is 5.16. The highest BCUT2D eigenvalue weighted by Gasteiger charge is 2.16.